The van der Waals surface area contributed by atoms with Crippen molar-refractivity contribution in [3.8, 4) is 0 Å². The number of rotatable bonds is 4. The molecular formula is C17H18BrN3O4S. The minimum Gasteiger partial charge on any atom is -0.360 e. The Labute approximate surface area is 160 Å². The minimum absolute atomic E-state index is 0.207. The fraction of sp³-hybridized carbons (Fsp3) is 0.412. The van der Waals surface area contributed by atoms with Crippen molar-refractivity contribution < 1.29 is 17.7 Å². The monoisotopic (exact) mass is 439 g/mol. The minimum atomic E-state index is -3.55. The fourth-order valence-corrected chi connectivity index (χ4v) is 4.69. The number of hydrogen-bond acceptors (Lipinski definition) is 5. The highest BCUT2D eigenvalue weighted by molar-refractivity contribution is 9.10. The molecule has 138 valence electrons. The number of piperazine rings is 1. The van der Waals surface area contributed by atoms with Crippen LogP contribution in [-0.2, 0) is 10.0 Å². The molecule has 2 fully saturated rings. The number of carbonyl (C=O) groups excluding carboxylic acids is 1. The smallest absolute Gasteiger partial charge is 0.276 e. The van der Waals surface area contributed by atoms with Gasteiger partial charge in [0.05, 0.1) is 4.90 Å². The van der Waals surface area contributed by atoms with Gasteiger partial charge in [0.25, 0.3) is 5.91 Å². The summed E-state index contributed by atoms with van der Waals surface area (Å²) in [4.78, 5) is 14.4. The van der Waals surface area contributed by atoms with E-state index in [-0.39, 0.29) is 23.9 Å². The lowest BCUT2D eigenvalue weighted by Crippen LogP contribution is -2.50. The first-order valence-electron chi connectivity index (χ1n) is 8.47. The van der Waals surface area contributed by atoms with Crippen LogP contribution in [-0.4, -0.2) is 54.9 Å². The molecule has 1 aliphatic heterocycles. The van der Waals surface area contributed by atoms with Crippen molar-refractivity contribution in [1.29, 1.82) is 0 Å². The first kappa shape index (κ1) is 17.7. The maximum absolute atomic E-state index is 12.7. The molecule has 0 unspecified atom stereocenters. The number of aromatic nitrogens is 1. The number of halogens is 1. The van der Waals surface area contributed by atoms with Gasteiger partial charge in [-0.05, 0) is 37.1 Å². The van der Waals surface area contributed by atoms with Crippen LogP contribution in [0.3, 0.4) is 0 Å². The van der Waals surface area contributed by atoms with Crippen LogP contribution in [0.1, 0.15) is 35.0 Å². The van der Waals surface area contributed by atoms with Crippen LogP contribution in [0.4, 0.5) is 0 Å². The van der Waals surface area contributed by atoms with Gasteiger partial charge in [0.15, 0.2) is 5.69 Å². The maximum atomic E-state index is 12.7. The molecule has 1 amide bonds. The third-order valence-corrected chi connectivity index (χ3v) is 7.15. The Morgan fingerprint density at radius 1 is 1.12 bits per heavy atom. The summed E-state index contributed by atoms with van der Waals surface area (Å²) >= 11 is 3.30. The Morgan fingerprint density at radius 2 is 1.77 bits per heavy atom. The molecule has 0 bridgehead atoms. The van der Waals surface area contributed by atoms with E-state index < -0.39 is 10.0 Å². The topological polar surface area (TPSA) is 83.7 Å². The molecule has 26 heavy (non-hydrogen) atoms. The lowest BCUT2D eigenvalue weighted by molar-refractivity contribution is 0.0687. The van der Waals surface area contributed by atoms with E-state index in [1.165, 1.54) is 4.31 Å². The lowest BCUT2D eigenvalue weighted by atomic mass is 10.2. The SMILES string of the molecule is O=C(c1cc(C2CC2)on1)N1CCN(S(=O)(=O)c2ccc(Br)cc2)CC1. The van der Waals surface area contributed by atoms with Crippen LogP contribution in [0, 0.1) is 0 Å². The van der Waals surface area contributed by atoms with E-state index >= 15 is 0 Å². The van der Waals surface area contributed by atoms with E-state index in [9.17, 15) is 13.2 Å². The van der Waals surface area contributed by atoms with Crippen molar-refractivity contribution in [3.63, 3.8) is 0 Å². The normalized spacial score (nSPS) is 18.9. The molecule has 0 atom stereocenters. The summed E-state index contributed by atoms with van der Waals surface area (Å²) in [7, 11) is -3.55. The van der Waals surface area contributed by atoms with E-state index in [0.29, 0.717) is 24.7 Å². The van der Waals surface area contributed by atoms with Crippen LogP contribution < -0.4 is 0 Å². The molecule has 2 aromatic rings. The number of sulfonamides is 1. The Bertz CT molecular complexity index is 914. The summed E-state index contributed by atoms with van der Waals surface area (Å²) in [5.74, 6) is 0.961. The maximum Gasteiger partial charge on any atom is 0.276 e. The third kappa shape index (κ3) is 3.43. The summed E-state index contributed by atoms with van der Waals surface area (Å²) in [6, 6.07) is 8.27. The number of nitrogens with zero attached hydrogens (tertiary/aromatic N) is 3. The van der Waals surface area contributed by atoms with Crippen molar-refractivity contribution in [3.05, 3.63) is 46.3 Å². The lowest BCUT2D eigenvalue weighted by Gasteiger charge is -2.33. The Morgan fingerprint density at radius 3 is 2.38 bits per heavy atom. The fourth-order valence-electron chi connectivity index (χ4n) is 3.00. The molecule has 1 aliphatic carbocycles. The first-order chi connectivity index (χ1) is 12.4. The van der Waals surface area contributed by atoms with E-state index in [1.54, 1.807) is 35.2 Å². The standard InChI is InChI=1S/C17H18BrN3O4S/c18-13-3-5-14(6-4-13)26(23,24)21-9-7-20(8-10-21)17(22)15-11-16(25-19-15)12-1-2-12/h3-6,11-12H,1-2,7-10H2. The second kappa shape index (κ2) is 6.79. The zero-order valence-corrected chi connectivity index (χ0v) is 16.4. The second-order valence-electron chi connectivity index (χ2n) is 6.54. The van der Waals surface area contributed by atoms with Gasteiger partial charge in [0.2, 0.25) is 10.0 Å². The van der Waals surface area contributed by atoms with E-state index in [4.69, 9.17) is 4.52 Å². The molecule has 0 N–H and O–H groups in total. The number of hydrogen-bond donors (Lipinski definition) is 0. The predicted octanol–water partition coefficient (Wildman–Crippen LogP) is 2.46. The molecular weight excluding hydrogens is 422 g/mol. The van der Waals surface area contributed by atoms with Gasteiger partial charge in [-0.2, -0.15) is 4.31 Å². The van der Waals surface area contributed by atoms with Gasteiger partial charge in [-0.25, -0.2) is 8.42 Å². The number of benzene rings is 1. The Kier molecular flexibility index (Phi) is 4.62. The second-order valence-corrected chi connectivity index (χ2v) is 9.39. The van der Waals surface area contributed by atoms with Crippen LogP contribution in [0.15, 0.2) is 44.2 Å². The molecule has 2 aliphatic rings. The molecule has 9 heteroatoms. The average molecular weight is 440 g/mol. The highest BCUT2D eigenvalue weighted by Gasteiger charge is 2.33. The number of carbonyl (C=O) groups is 1. The van der Waals surface area contributed by atoms with Gasteiger partial charge < -0.3 is 9.42 Å². The van der Waals surface area contributed by atoms with Crippen LogP contribution >= 0.6 is 15.9 Å². The molecule has 1 aromatic carbocycles. The Hall–Kier alpha value is -1.71. The molecule has 1 aromatic heterocycles. The highest BCUT2D eigenvalue weighted by Crippen LogP contribution is 2.40. The quantitative estimate of drug-likeness (QED) is 0.730. The van der Waals surface area contributed by atoms with Crippen molar-refractivity contribution in [2.45, 2.75) is 23.7 Å². The highest BCUT2D eigenvalue weighted by atomic mass is 79.9. The van der Waals surface area contributed by atoms with Crippen LogP contribution in [0.2, 0.25) is 0 Å². The van der Waals surface area contributed by atoms with Crippen molar-refractivity contribution in [1.82, 2.24) is 14.4 Å². The van der Waals surface area contributed by atoms with Gasteiger partial charge in [-0.1, -0.05) is 21.1 Å². The molecule has 7 nitrogen and oxygen atoms in total. The van der Waals surface area contributed by atoms with Crippen molar-refractivity contribution in [2.24, 2.45) is 0 Å². The predicted molar refractivity (Wildman–Crippen MR) is 97.3 cm³/mol. The van der Waals surface area contributed by atoms with Crippen molar-refractivity contribution >= 4 is 31.9 Å². The van der Waals surface area contributed by atoms with Crippen molar-refractivity contribution in [2.75, 3.05) is 26.2 Å². The largest absolute Gasteiger partial charge is 0.360 e. The van der Waals surface area contributed by atoms with E-state index in [2.05, 4.69) is 21.1 Å². The van der Waals surface area contributed by atoms with Crippen LogP contribution in [0.5, 0.6) is 0 Å². The summed E-state index contributed by atoms with van der Waals surface area (Å²) in [6.07, 6.45) is 2.16. The molecule has 0 spiro atoms. The van der Waals surface area contributed by atoms with Crippen LogP contribution in [0.25, 0.3) is 0 Å². The summed E-state index contributed by atoms with van der Waals surface area (Å²) in [5.41, 5.74) is 0.302. The zero-order valence-electron chi connectivity index (χ0n) is 14.0. The molecule has 1 saturated carbocycles. The molecule has 1 saturated heterocycles. The molecule has 0 radical (unpaired) electrons. The molecule has 4 rings (SSSR count). The van der Waals surface area contributed by atoms with Gasteiger partial charge in [0.1, 0.15) is 5.76 Å². The summed E-state index contributed by atoms with van der Waals surface area (Å²) in [6.45, 7) is 1.19. The van der Waals surface area contributed by atoms with E-state index in [0.717, 1.165) is 23.1 Å². The Balaban J connectivity index is 1.41. The average Bonchev–Trinajstić information content (AvgIpc) is 3.38. The van der Waals surface area contributed by atoms with Gasteiger partial charge in [-0.3, -0.25) is 4.79 Å². The molecule has 2 heterocycles. The van der Waals surface area contributed by atoms with Gasteiger partial charge in [-0.15, -0.1) is 0 Å². The number of amides is 1. The van der Waals surface area contributed by atoms with E-state index in [1.807, 2.05) is 0 Å². The third-order valence-electron chi connectivity index (χ3n) is 4.70. The summed E-state index contributed by atoms with van der Waals surface area (Å²) < 4.78 is 32.9. The van der Waals surface area contributed by atoms with Gasteiger partial charge >= 0.3 is 0 Å². The van der Waals surface area contributed by atoms with Gasteiger partial charge in [0, 0.05) is 42.6 Å². The zero-order chi connectivity index (χ0) is 18.3. The summed E-state index contributed by atoms with van der Waals surface area (Å²) in [5, 5.41) is 3.87. The first-order valence-corrected chi connectivity index (χ1v) is 10.7.